The van der Waals surface area contributed by atoms with E-state index in [1.165, 1.54) is 0 Å². The number of nitrogen functional groups attached to an aromatic ring is 1. The molecule has 1 aromatic rings. The Labute approximate surface area is 109 Å². The van der Waals surface area contributed by atoms with Crippen LogP contribution in [0.5, 0.6) is 0 Å². The van der Waals surface area contributed by atoms with Gasteiger partial charge in [0.15, 0.2) is 5.82 Å². The van der Waals surface area contributed by atoms with Crippen molar-refractivity contribution in [3.63, 3.8) is 0 Å². The molecule has 5 nitrogen and oxygen atoms in total. The molecule has 1 aromatic heterocycles. The minimum absolute atomic E-state index is 0.0673. The Morgan fingerprint density at radius 2 is 1.72 bits per heavy atom. The van der Waals surface area contributed by atoms with Crippen molar-refractivity contribution in [1.29, 1.82) is 5.41 Å². The molecule has 0 aliphatic carbocycles. The lowest BCUT2D eigenvalue weighted by atomic mass is 10.1. The van der Waals surface area contributed by atoms with Gasteiger partial charge in [-0.25, -0.2) is 0 Å². The fraction of sp³-hybridized carbons (Fsp3) is 0.615. The predicted molar refractivity (Wildman–Crippen MR) is 75.3 cm³/mol. The molecule has 3 N–H and O–H groups in total. The van der Waals surface area contributed by atoms with Crippen molar-refractivity contribution >= 4 is 11.7 Å². The summed E-state index contributed by atoms with van der Waals surface area (Å²) in [4.78, 5) is 2.16. The Morgan fingerprint density at radius 1 is 1.17 bits per heavy atom. The number of amidine groups is 1. The zero-order valence-corrected chi connectivity index (χ0v) is 11.7. The molecular weight excluding hydrogens is 226 g/mol. The van der Waals surface area contributed by atoms with Crippen LogP contribution in [0.25, 0.3) is 0 Å². The van der Waals surface area contributed by atoms with Gasteiger partial charge in [0, 0.05) is 13.1 Å². The van der Waals surface area contributed by atoms with Crippen LogP contribution >= 0.6 is 0 Å². The number of nitrogens with one attached hydrogen (secondary N) is 1. The van der Waals surface area contributed by atoms with Crippen molar-refractivity contribution in [3.8, 4) is 0 Å². The van der Waals surface area contributed by atoms with Crippen LogP contribution in [-0.2, 0) is 0 Å². The summed E-state index contributed by atoms with van der Waals surface area (Å²) in [5.41, 5.74) is 8.21. The van der Waals surface area contributed by atoms with E-state index >= 15 is 0 Å². The van der Waals surface area contributed by atoms with Gasteiger partial charge in [0.1, 0.15) is 5.84 Å². The maximum Gasteiger partial charge on any atom is 0.162 e. The first-order valence-electron chi connectivity index (χ1n) is 6.46. The van der Waals surface area contributed by atoms with Gasteiger partial charge in [-0.3, -0.25) is 5.41 Å². The average molecular weight is 249 g/mol. The second kappa shape index (κ2) is 6.33. The van der Waals surface area contributed by atoms with Gasteiger partial charge in [0.2, 0.25) is 0 Å². The van der Waals surface area contributed by atoms with E-state index in [2.05, 4.69) is 28.9 Å². The first kappa shape index (κ1) is 14.4. The smallest absolute Gasteiger partial charge is 0.162 e. The maximum absolute atomic E-state index is 7.75. The van der Waals surface area contributed by atoms with Gasteiger partial charge >= 0.3 is 0 Å². The zero-order valence-electron chi connectivity index (χ0n) is 11.7. The standard InChI is InChI=1S/C13H23N5/c1-5-7-18(8-6-2)13-11(12(14)15)9(3)10(4)16-17-13/h5-8H2,1-4H3,(H3,14,15). The summed E-state index contributed by atoms with van der Waals surface area (Å²) in [6.07, 6.45) is 2.07. The number of aryl methyl sites for hydroxylation is 1. The van der Waals surface area contributed by atoms with E-state index in [1.54, 1.807) is 0 Å². The molecule has 5 heteroatoms. The van der Waals surface area contributed by atoms with Crippen LogP contribution in [0.15, 0.2) is 0 Å². The normalized spacial score (nSPS) is 10.4. The third-order valence-electron chi connectivity index (χ3n) is 2.99. The van der Waals surface area contributed by atoms with Crippen LogP contribution in [0.2, 0.25) is 0 Å². The summed E-state index contributed by atoms with van der Waals surface area (Å²) < 4.78 is 0. The van der Waals surface area contributed by atoms with Crippen molar-refractivity contribution in [2.75, 3.05) is 18.0 Å². The predicted octanol–water partition coefficient (Wildman–Crippen LogP) is 2.00. The molecule has 0 atom stereocenters. The van der Waals surface area contributed by atoms with Crippen LogP contribution in [-0.4, -0.2) is 29.1 Å². The average Bonchev–Trinajstić information content (AvgIpc) is 2.31. The molecule has 1 heterocycles. The van der Waals surface area contributed by atoms with E-state index in [0.29, 0.717) is 0 Å². The Balaban J connectivity index is 3.28. The summed E-state index contributed by atoms with van der Waals surface area (Å²) in [6.45, 7) is 9.91. The Morgan fingerprint density at radius 3 is 2.17 bits per heavy atom. The van der Waals surface area contributed by atoms with E-state index in [-0.39, 0.29) is 5.84 Å². The third-order valence-corrected chi connectivity index (χ3v) is 2.99. The van der Waals surface area contributed by atoms with Gasteiger partial charge in [-0.15, -0.1) is 5.10 Å². The highest BCUT2D eigenvalue weighted by molar-refractivity contribution is 6.01. The van der Waals surface area contributed by atoms with Crippen LogP contribution in [0, 0.1) is 19.3 Å². The largest absolute Gasteiger partial charge is 0.384 e. The monoisotopic (exact) mass is 249 g/mol. The van der Waals surface area contributed by atoms with E-state index in [0.717, 1.165) is 48.6 Å². The topological polar surface area (TPSA) is 78.9 Å². The fourth-order valence-corrected chi connectivity index (χ4v) is 2.00. The van der Waals surface area contributed by atoms with Gasteiger partial charge in [0.05, 0.1) is 11.3 Å². The zero-order chi connectivity index (χ0) is 13.7. The number of anilines is 1. The summed E-state index contributed by atoms with van der Waals surface area (Å²) >= 11 is 0. The quantitative estimate of drug-likeness (QED) is 0.597. The summed E-state index contributed by atoms with van der Waals surface area (Å²) in [7, 11) is 0. The van der Waals surface area contributed by atoms with E-state index in [9.17, 15) is 0 Å². The van der Waals surface area contributed by atoms with Crippen LogP contribution < -0.4 is 10.6 Å². The Bertz CT molecular complexity index is 422. The van der Waals surface area contributed by atoms with Crippen LogP contribution in [0.4, 0.5) is 5.82 Å². The maximum atomic E-state index is 7.75. The number of hydrogen-bond acceptors (Lipinski definition) is 4. The number of nitrogens with zero attached hydrogens (tertiary/aromatic N) is 3. The highest BCUT2D eigenvalue weighted by Crippen LogP contribution is 2.22. The molecular formula is C13H23N5. The number of rotatable bonds is 6. The lowest BCUT2D eigenvalue weighted by molar-refractivity contribution is 0.721. The molecule has 0 radical (unpaired) electrons. The Kier molecular flexibility index (Phi) is 5.07. The molecule has 1 rings (SSSR count). The van der Waals surface area contributed by atoms with Gasteiger partial charge in [-0.2, -0.15) is 5.10 Å². The van der Waals surface area contributed by atoms with E-state index < -0.39 is 0 Å². The third kappa shape index (κ3) is 2.97. The van der Waals surface area contributed by atoms with Gasteiger partial charge in [-0.05, 0) is 32.3 Å². The van der Waals surface area contributed by atoms with Crippen molar-refractivity contribution < 1.29 is 0 Å². The number of aromatic nitrogens is 2. The first-order valence-corrected chi connectivity index (χ1v) is 6.46. The highest BCUT2D eigenvalue weighted by Gasteiger charge is 2.18. The SMILES string of the molecule is CCCN(CCC)c1nnc(C)c(C)c1C(=N)N. The molecule has 0 saturated carbocycles. The fourth-order valence-electron chi connectivity index (χ4n) is 2.00. The molecule has 0 aliphatic rings. The Hall–Kier alpha value is -1.65. The van der Waals surface area contributed by atoms with Crippen molar-refractivity contribution in [2.24, 2.45) is 5.73 Å². The minimum Gasteiger partial charge on any atom is -0.384 e. The second-order valence-corrected chi connectivity index (χ2v) is 4.51. The lowest BCUT2D eigenvalue weighted by Crippen LogP contribution is -2.30. The van der Waals surface area contributed by atoms with Gasteiger partial charge in [0.25, 0.3) is 0 Å². The molecule has 0 aliphatic heterocycles. The number of hydrogen-bond donors (Lipinski definition) is 2. The second-order valence-electron chi connectivity index (χ2n) is 4.51. The van der Waals surface area contributed by atoms with Crippen LogP contribution in [0.3, 0.4) is 0 Å². The first-order chi connectivity index (χ1) is 8.52. The van der Waals surface area contributed by atoms with Gasteiger partial charge in [-0.1, -0.05) is 13.8 Å². The summed E-state index contributed by atoms with van der Waals surface area (Å²) in [5, 5.41) is 16.2. The van der Waals surface area contributed by atoms with Gasteiger partial charge < -0.3 is 10.6 Å². The summed E-state index contributed by atoms with van der Waals surface area (Å²) in [6, 6.07) is 0. The molecule has 100 valence electrons. The molecule has 0 bridgehead atoms. The van der Waals surface area contributed by atoms with E-state index in [4.69, 9.17) is 11.1 Å². The number of nitrogens with two attached hydrogens (primary N) is 1. The summed E-state index contributed by atoms with van der Waals surface area (Å²) in [5.74, 6) is 0.812. The lowest BCUT2D eigenvalue weighted by Gasteiger charge is -2.25. The molecule has 0 spiro atoms. The molecule has 0 fully saturated rings. The molecule has 0 aromatic carbocycles. The molecule has 0 saturated heterocycles. The molecule has 18 heavy (non-hydrogen) atoms. The molecule has 0 unspecified atom stereocenters. The highest BCUT2D eigenvalue weighted by atomic mass is 15.3. The van der Waals surface area contributed by atoms with Crippen molar-refractivity contribution in [1.82, 2.24) is 10.2 Å². The van der Waals surface area contributed by atoms with Crippen LogP contribution in [0.1, 0.15) is 43.5 Å². The van der Waals surface area contributed by atoms with E-state index in [1.807, 2.05) is 13.8 Å². The molecule has 0 amide bonds. The van der Waals surface area contributed by atoms with Crippen molar-refractivity contribution in [2.45, 2.75) is 40.5 Å². The van der Waals surface area contributed by atoms with Crippen molar-refractivity contribution in [3.05, 3.63) is 16.8 Å². The minimum atomic E-state index is 0.0673.